The van der Waals surface area contributed by atoms with Crippen molar-refractivity contribution in [3.05, 3.63) is 52.2 Å². The summed E-state index contributed by atoms with van der Waals surface area (Å²) in [6, 6.07) is 12.3. The molecule has 0 aliphatic rings. The number of benzene rings is 1. The third-order valence-corrected chi connectivity index (χ3v) is 5.86. The lowest BCUT2D eigenvalue weighted by Gasteiger charge is -2.02. The lowest BCUT2D eigenvalue weighted by molar-refractivity contribution is 1.10. The number of nitrogens with one attached hydrogen (secondary N) is 1. The van der Waals surface area contributed by atoms with Crippen molar-refractivity contribution in [1.82, 2.24) is 15.2 Å². The lowest BCUT2D eigenvalue weighted by atomic mass is 10.1. The van der Waals surface area contributed by atoms with E-state index in [0.29, 0.717) is 0 Å². The molecule has 3 heterocycles. The predicted octanol–water partition coefficient (Wildman–Crippen LogP) is 5.44. The van der Waals surface area contributed by atoms with Gasteiger partial charge in [-0.05, 0) is 30.5 Å². The first-order chi connectivity index (χ1) is 11.3. The molecule has 3 aromatic heterocycles. The number of rotatable bonds is 4. The minimum atomic E-state index is 0.797. The van der Waals surface area contributed by atoms with E-state index in [-0.39, 0.29) is 0 Å². The van der Waals surface area contributed by atoms with Gasteiger partial charge in [-0.1, -0.05) is 29.5 Å². The summed E-state index contributed by atoms with van der Waals surface area (Å²) in [7, 11) is 0. The summed E-state index contributed by atoms with van der Waals surface area (Å²) >= 11 is 4.89. The minimum absolute atomic E-state index is 0.797. The van der Waals surface area contributed by atoms with Gasteiger partial charge in [-0.2, -0.15) is 0 Å². The van der Waals surface area contributed by atoms with Gasteiger partial charge < -0.3 is 5.32 Å². The molecule has 0 atom stereocenters. The summed E-state index contributed by atoms with van der Waals surface area (Å²) in [5, 5.41) is 18.7. The van der Waals surface area contributed by atoms with Crippen molar-refractivity contribution < 1.29 is 0 Å². The van der Waals surface area contributed by atoms with Crippen LogP contribution in [-0.2, 0) is 0 Å². The van der Waals surface area contributed by atoms with Crippen LogP contribution in [0.4, 0.5) is 10.8 Å². The smallest absolute Gasteiger partial charge is 0.210 e. The van der Waals surface area contributed by atoms with Crippen LogP contribution >= 0.6 is 34.0 Å². The first-order valence-corrected chi connectivity index (χ1v) is 9.52. The van der Waals surface area contributed by atoms with Crippen molar-refractivity contribution in [3.8, 4) is 21.1 Å². The van der Waals surface area contributed by atoms with E-state index < -0.39 is 0 Å². The van der Waals surface area contributed by atoms with Gasteiger partial charge in [0.05, 0.1) is 15.6 Å². The Kier molecular flexibility index (Phi) is 3.90. The first kappa shape index (κ1) is 14.5. The van der Waals surface area contributed by atoms with Gasteiger partial charge in [0.2, 0.25) is 5.13 Å². The molecule has 0 aliphatic carbocycles. The molecule has 0 saturated carbocycles. The van der Waals surface area contributed by atoms with Crippen LogP contribution in [-0.4, -0.2) is 15.2 Å². The molecule has 0 bridgehead atoms. The minimum Gasteiger partial charge on any atom is -0.330 e. The van der Waals surface area contributed by atoms with Crippen LogP contribution in [0.25, 0.3) is 21.1 Å². The van der Waals surface area contributed by atoms with Crippen LogP contribution in [0.2, 0.25) is 0 Å². The first-order valence-electron chi connectivity index (χ1n) is 6.95. The molecule has 1 aromatic carbocycles. The van der Waals surface area contributed by atoms with E-state index >= 15 is 0 Å². The Hall–Kier alpha value is -2.09. The molecule has 0 aliphatic heterocycles. The second-order valence-electron chi connectivity index (χ2n) is 4.84. The fraction of sp³-hybridized carbons (Fsp3) is 0.0625. The number of anilines is 2. The van der Waals surface area contributed by atoms with Gasteiger partial charge >= 0.3 is 0 Å². The monoisotopic (exact) mass is 356 g/mol. The van der Waals surface area contributed by atoms with Crippen molar-refractivity contribution in [2.75, 3.05) is 5.32 Å². The molecule has 1 N–H and O–H groups in total. The van der Waals surface area contributed by atoms with Crippen LogP contribution in [0, 0.1) is 6.92 Å². The van der Waals surface area contributed by atoms with E-state index in [4.69, 9.17) is 0 Å². The third kappa shape index (κ3) is 3.17. The molecule has 0 saturated heterocycles. The number of nitrogens with zero attached hydrogens (tertiary/aromatic N) is 3. The van der Waals surface area contributed by atoms with Gasteiger partial charge in [-0.3, -0.25) is 0 Å². The van der Waals surface area contributed by atoms with E-state index in [9.17, 15) is 0 Å². The van der Waals surface area contributed by atoms with E-state index in [1.165, 1.54) is 0 Å². The molecule has 114 valence electrons. The number of thiazole rings is 1. The maximum atomic E-state index is 4.51. The normalized spacial score (nSPS) is 10.8. The van der Waals surface area contributed by atoms with Gasteiger partial charge in [0.25, 0.3) is 0 Å². The number of thiophene rings is 1. The van der Waals surface area contributed by atoms with E-state index in [1.807, 2.05) is 30.5 Å². The van der Waals surface area contributed by atoms with Crippen molar-refractivity contribution in [3.63, 3.8) is 0 Å². The number of aromatic nitrogens is 3. The highest BCUT2D eigenvalue weighted by molar-refractivity contribution is 7.23. The number of hydrogen-bond donors (Lipinski definition) is 1. The Morgan fingerprint density at radius 2 is 1.87 bits per heavy atom. The Bertz CT molecular complexity index is 907. The van der Waals surface area contributed by atoms with Crippen LogP contribution in [0.1, 0.15) is 5.01 Å². The second kappa shape index (κ2) is 6.19. The summed E-state index contributed by atoms with van der Waals surface area (Å²) in [5.41, 5.74) is 3.14. The second-order valence-corrected chi connectivity index (χ2v) is 7.83. The molecule has 7 heteroatoms. The molecule has 0 unspecified atom stereocenters. The molecular formula is C16H12N4S3. The Labute approximate surface area is 145 Å². The molecule has 4 aromatic rings. The van der Waals surface area contributed by atoms with E-state index in [1.54, 1.807) is 34.0 Å². The van der Waals surface area contributed by atoms with Crippen LogP contribution < -0.4 is 5.32 Å². The predicted molar refractivity (Wildman–Crippen MR) is 98.8 cm³/mol. The zero-order valence-electron chi connectivity index (χ0n) is 12.2. The topological polar surface area (TPSA) is 50.7 Å². The summed E-state index contributed by atoms with van der Waals surface area (Å²) in [6.07, 6.45) is 0. The molecule has 23 heavy (non-hydrogen) atoms. The molecule has 4 rings (SSSR count). The lowest BCUT2D eigenvalue weighted by Crippen LogP contribution is -1.89. The highest BCUT2D eigenvalue weighted by Gasteiger charge is 2.08. The quantitative estimate of drug-likeness (QED) is 0.529. The molecular weight excluding hydrogens is 344 g/mol. The van der Waals surface area contributed by atoms with Crippen LogP contribution in [0.3, 0.4) is 0 Å². The van der Waals surface area contributed by atoms with Crippen molar-refractivity contribution in [1.29, 1.82) is 0 Å². The summed E-state index contributed by atoms with van der Waals surface area (Å²) in [5.74, 6) is 0. The standard InChI is InChI=1S/C16H12N4S3/c1-10-17-13(9-22-10)11-4-6-12(7-5-11)18-16-20-19-15(23-16)14-3-2-8-21-14/h2-9H,1H3,(H,18,20). The summed E-state index contributed by atoms with van der Waals surface area (Å²) in [6.45, 7) is 2.02. The highest BCUT2D eigenvalue weighted by Crippen LogP contribution is 2.31. The average Bonchev–Trinajstić information content (AvgIpc) is 3.28. The molecule has 0 spiro atoms. The average molecular weight is 357 g/mol. The Balaban J connectivity index is 1.51. The van der Waals surface area contributed by atoms with Gasteiger partial charge in [-0.25, -0.2) is 4.98 Å². The molecule has 4 nitrogen and oxygen atoms in total. The molecule has 0 amide bonds. The van der Waals surface area contributed by atoms with Crippen molar-refractivity contribution >= 4 is 44.8 Å². The maximum absolute atomic E-state index is 4.51. The maximum Gasteiger partial charge on any atom is 0.210 e. The zero-order chi connectivity index (χ0) is 15.6. The molecule has 0 fully saturated rings. The van der Waals surface area contributed by atoms with Gasteiger partial charge in [-0.15, -0.1) is 32.9 Å². The SMILES string of the molecule is Cc1nc(-c2ccc(Nc3nnc(-c4cccs4)s3)cc2)cs1. The number of hydrogen-bond acceptors (Lipinski definition) is 7. The fourth-order valence-electron chi connectivity index (χ4n) is 2.12. The van der Waals surface area contributed by atoms with Crippen molar-refractivity contribution in [2.24, 2.45) is 0 Å². The fourth-order valence-corrected chi connectivity index (χ4v) is 4.30. The zero-order valence-corrected chi connectivity index (χ0v) is 14.6. The van der Waals surface area contributed by atoms with Gasteiger partial charge in [0, 0.05) is 16.6 Å². The third-order valence-electron chi connectivity index (χ3n) is 3.21. The molecule has 0 radical (unpaired) electrons. The van der Waals surface area contributed by atoms with Gasteiger partial charge in [0.1, 0.15) is 0 Å². The summed E-state index contributed by atoms with van der Waals surface area (Å²) < 4.78 is 0. The van der Waals surface area contributed by atoms with Crippen molar-refractivity contribution in [2.45, 2.75) is 6.92 Å². The van der Waals surface area contributed by atoms with Crippen LogP contribution in [0.5, 0.6) is 0 Å². The Morgan fingerprint density at radius 3 is 2.57 bits per heavy atom. The Morgan fingerprint density at radius 1 is 1.00 bits per heavy atom. The van der Waals surface area contributed by atoms with Gasteiger partial charge in [0.15, 0.2) is 5.01 Å². The van der Waals surface area contributed by atoms with E-state index in [0.717, 1.165) is 37.0 Å². The van der Waals surface area contributed by atoms with E-state index in [2.05, 4.69) is 44.1 Å². The largest absolute Gasteiger partial charge is 0.330 e. The highest BCUT2D eigenvalue weighted by atomic mass is 32.1. The van der Waals surface area contributed by atoms with Crippen LogP contribution in [0.15, 0.2) is 47.2 Å². The summed E-state index contributed by atoms with van der Waals surface area (Å²) in [4.78, 5) is 5.65. The number of aryl methyl sites for hydroxylation is 1.